The number of ketones is 1. The maximum atomic E-state index is 12.5. The van der Waals surface area contributed by atoms with Gasteiger partial charge in [-0.3, -0.25) is 9.69 Å². The van der Waals surface area contributed by atoms with Crippen LogP contribution in [-0.4, -0.2) is 29.8 Å². The molecule has 1 unspecified atom stereocenters. The maximum Gasteiger partial charge on any atom is 0.177 e. The number of carbonyl (C=O) groups excluding carboxylic acids is 1. The van der Waals surface area contributed by atoms with Crippen LogP contribution in [-0.2, 0) is 0 Å². The number of carbonyl (C=O) groups is 1. The number of rotatable bonds is 3. The van der Waals surface area contributed by atoms with Crippen molar-refractivity contribution in [2.24, 2.45) is 0 Å². The molecule has 98 valence electrons. The number of hydrogen-bond acceptors (Lipinski definition) is 2. The number of nitrogens with zero attached hydrogens (tertiary/aromatic N) is 1. The van der Waals surface area contributed by atoms with E-state index in [-0.39, 0.29) is 5.78 Å². The minimum absolute atomic E-state index is 0.277. The average Bonchev–Trinajstić information content (AvgIpc) is 2.62. The summed E-state index contributed by atoms with van der Waals surface area (Å²) in [6, 6.07) is 4.77. The highest BCUT2D eigenvalue weighted by Crippen LogP contribution is 2.20. The summed E-state index contributed by atoms with van der Waals surface area (Å²) in [5, 5.41) is 0. The van der Waals surface area contributed by atoms with E-state index in [0.29, 0.717) is 12.6 Å². The molecule has 0 amide bonds. The van der Waals surface area contributed by atoms with E-state index >= 15 is 0 Å². The van der Waals surface area contributed by atoms with Crippen molar-refractivity contribution in [3.8, 4) is 0 Å². The number of aryl methyl sites for hydroxylation is 3. The molecule has 2 nitrogen and oxygen atoms in total. The van der Waals surface area contributed by atoms with Crippen molar-refractivity contribution in [3.63, 3.8) is 0 Å². The lowest BCUT2D eigenvalue weighted by atomic mass is 9.96. The molecule has 1 aromatic carbocycles. The van der Waals surface area contributed by atoms with Gasteiger partial charge in [-0.2, -0.15) is 0 Å². The minimum Gasteiger partial charge on any atom is -0.293 e. The molecule has 1 heterocycles. The summed E-state index contributed by atoms with van der Waals surface area (Å²) < 4.78 is 0. The van der Waals surface area contributed by atoms with Gasteiger partial charge in [0.15, 0.2) is 5.78 Å². The third-order valence-corrected chi connectivity index (χ3v) is 3.99. The van der Waals surface area contributed by atoms with Gasteiger partial charge in [0.2, 0.25) is 0 Å². The standard InChI is InChI=1S/C16H23NO/c1-11-8-12(2)16(13(3)9-11)15(18)10-17-7-5-6-14(17)4/h8-9,14H,5-7,10H2,1-4H3. The minimum atomic E-state index is 0.277. The van der Waals surface area contributed by atoms with Gasteiger partial charge in [-0.15, -0.1) is 0 Å². The molecule has 0 bridgehead atoms. The van der Waals surface area contributed by atoms with Crippen LogP contribution >= 0.6 is 0 Å². The highest BCUT2D eigenvalue weighted by molar-refractivity contribution is 6.00. The molecule has 1 aliphatic rings. The number of hydrogen-bond donors (Lipinski definition) is 0. The van der Waals surface area contributed by atoms with E-state index in [1.807, 2.05) is 13.8 Å². The predicted molar refractivity (Wildman–Crippen MR) is 75.3 cm³/mol. The molecule has 0 aliphatic carbocycles. The van der Waals surface area contributed by atoms with Gasteiger partial charge in [0.25, 0.3) is 0 Å². The molecule has 0 N–H and O–H groups in total. The Balaban J connectivity index is 2.19. The van der Waals surface area contributed by atoms with Crippen LogP contribution in [0.1, 0.15) is 46.8 Å². The largest absolute Gasteiger partial charge is 0.293 e. The fourth-order valence-corrected chi connectivity index (χ4v) is 3.11. The summed E-state index contributed by atoms with van der Waals surface area (Å²) >= 11 is 0. The van der Waals surface area contributed by atoms with Crippen LogP contribution in [0.2, 0.25) is 0 Å². The van der Waals surface area contributed by atoms with E-state index in [0.717, 1.165) is 23.2 Å². The molecule has 2 heteroatoms. The zero-order chi connectivity index (χ0) is 13.3. The second kappa shape index (κ2) is 5.23. The first kappa shape index (κ1) is 13.3. The van der Waals surface area contributed by atoms with Crippen molar-refractivity contribution >= 4 is 5.78 Å². The lowest BCUT2D eigenvalue weighted by Crippen LogP contribution is -2.33. The summed E-state index contributed by atoms with van der Waals surface area (Å²) in [4.78, 5) is 14.8. The Labute approximate surface area is 110 Å². The van der Waals surface area contributed by atoms with Gasteiger partial charge in [0.1, 0.15) is 0 Å². The third-order valence-electron chi connectivity index (χ3n) is 3.99. The second-order valence-corrected chi connectivity index (χ2v) is 5.66. The maximum absolute atomic E-state index is 12.5. The molecule has 2 rings (SSSR count). The smallest absolute Gasteiger partial charge is 0.177 e. The van der Waals surface area contributed by atoms with Crippen molar-refractivity contribution < 1.29 is 4.79 Å². The van der Waals surface area contributed by atoms with Gasteiger partial charge < -0.3 is 0 Å². The molecular weight excluding hydrogens is 222 g/mol. The van der Waals surface area contributed by atoms with Crippen LogP contribution in [0, 0.1) is 20.8 Å². The van der Waals surface area contributed by atoms with Crippen LogP contribution in [0.3, 0.4) is 0 Å². The van der Waals surface area contributed by atoms with Crippen molar-refractivity contribution in [1.82, 2.24) is 4.90 Å². The molecule has 1 aliphatic heterocycles. The lowest BCUT2D eigenvalue weighted by Gasteiger charge is -2.21. The van der Waals surface area contributed by atoms with E-state index < -0.39 is 0 Å². The molecule has 1 atom stereocenters. The Morgan fingerprint density at radius 1 is 1.28 bits per heavy atom. The monoisotopic (exact) mass is 245 g/mol. The van der Waals surface area contributed by atoms with Crippen LogP contribution in [0.25, 0.3) is 0 Å². The highest BCUT2D eigenvalue weighted by Gasteiger charge is 2.24. The van der Waals surface area contributed by atoms with Gasteiger partial charge in [0, 0.05) is 11.6 Å². The molecule has 0 saturated carbocycles. The van der Waals surface area contributed by atoms with E-state index in [2.05, 4.69) is 30.9 Å². The fraction of sp³-hybridized carbons (Fsp3) is 0.562. The van der Waals surface area contributed by atoms with E-state index in [4.69, 9.17) is 0 Å². The molecule has 1 saturated heterocycles. The van der Waals surface area contributed by atoms with Gasteiger partial charge in [-0.25, -0.2) is 0 Å². The molecular formula is C16H23NO. The summed E-state index contributed by atoms with van der Waals surface area (Å²) in [5.74, 6) is 0.277. The zero-order valence-corrected chi connectivity index (χ0v) is 11.9. The second-order valence-electron chi connectivity index (χ2n) is 5.66. The van der Waals surface area contributed by atoms with Crippen LogP contribution in [0.15, 0.2) is 12.1 Å². The molecule has 1 fully saturated rings. The van der Waals surface area contributed by atoms with Crippen molar-refractivity contribution in [2.75, 3.05) is 13.1 Å². The summed E-state index contributed by atoms with van der Waals surface area (Å²) in [5.41, 5.74) is 4.39. The quantitative estimate of drug-likeness (QED) is 0.762. The molecule has 0 radical (unpaired) electrons. The zero-order valence-electron chi connectivity index (χ0n) is 11.9. The Kier molecular flexibility index (Phi) is 3.86. The highest BCUT2D eigenvalue weighted by atomic mass is 16.1. The first-order valence-corrected chi connectivity index (χ1v) is 6.84. The Morgan fingerprint density at radius 3 is 2.39 bits per heavy atom. The molecule has 1 aromatic rings. The van der Waals surface area contributed by atoms with Crippen LogP contribution in [0.4, 0.5) is 0 Å². The number of benzene rings is 1. The van der Waals surface area contributed by atoms with Crippen molar-refractivity contribution in [3.05, 3.63) is 34.4 Å². The van der Waals surface area contributed by atoms with Crippen molar-refractivity contribution in [1.29, 1.82) is 0 Å². The van der Waals surface area contributed by atoms with E-state index in [1.54, 1.807) is 0 Å². The number of Topliss-reactive ketones (excluding diaryl/α,β-unsaturated/α-hetero) is 1. The number of likely N-dealkylation sites (tertiary alicyclic amines) is 1. The topological polar surface area (TPSA) is 20.3 Å². The lowest BCUT2D eigenvalue weighted by molar-refractivity contribution is 0.0925. The van der Waals surface area contributed by atoms with E-state index in [9.17, 15) is 4.79 Å². The van der Waals surface area contributed by atoms with Crippen molar-refractivity contribution in [2.45, 2.75) is 46.6 Å². The van der Waals surface area contributed by atoms with Gasteiger partial charge >= 0.3 is 0 Å². The molecule has 0 aromatic heterocycles. The summed E-state index contributed by atoms with van der Waals surface area (Å²) in [6.07, 6.45) is 2.44. The van der Waals surface area contributed by atoms with Crippen LogP contribution < -0.4 is 0 Å². The van der Waals surface area contributed by atoms with Crippen LogP contribution in [0.5, 0.6) is 0 Å². The average molecular weight is 245 g/mol. The first-order valence-electron chi connectivity index (χ1n) is 6.84. The van der Waals surface area contributed by atoms with Gasteiger partial charge in [0.05, 0.1) is 6.54 Å². The summed E-state index contributed by atoms with van der Waals surface area (Å²) in [6.45, 7) is 10.0. The first-order chi connectivity index (χ1) is 8.49. The fourth-order valence-electron chi connectivity index (χ4n) is 3.11. The Bertz CT molecular complexity index is 441. The Hall–Kier alpha value is -1.15. The Morgan fingerprint density at radius 2 is 1.89 bits per heavy atom. The summed E-state index contributed by atoms with van der Waals surface area (Å²) in [7, 11) is 0. The molecule has 0 spiro atoms. The SMILES string of the molecule is Cc1cc(C)c(C(=O)CN2CCCC2C)c(C)c1. The normalized spacial score (nSPS) is 20.3. The van der Waals surface area contributed by atoms with Gasteiger partial charge in [-0.1, -0.05) is 17.7 Å². The molecule has 18 heavy (non-hydrogen) atoms. The van der Waals surface area contributed by atoms with E-state index in [1.165, 1.54) is 18.4 Å². The third kappa shape index (κ3) is 2.64. The predicted octanol–water partition coefficient (Wildman–Crippen LogP) is 3.28. The van der Waals surface area contributed by atoms with Gasteiger partial charge in [-0.05, 0) is 58.2 Å².